The van der Waals surface area contributed by atoms with Crippen LogP contribution in [0.3, 0.4) is 0 Å². The van der Waals surface area contributed by atoms with Crippen LogP contribution in [-0.2, 0) is 0 Å². The van der Waals surface area contributed by atoms with E-state index in [9.17, 15) is 4.39 Å². The Balaban J connectivity index is 2.28. The zero-order valence-corrected chi connectivity index (χ0v) is 13.4. The van der Waals surface area contributed by atoms with Crippen molar-refractivity contribution in [3.8, 4) is 0 Å². The van der Waals surface area contributed by atoms with E-state index in [4.69, 9.17) is 11.6 Å². The normalized spacial score (nSPS) is 28.4. The zero-order chi connectivity index (χ0) is 14.7. The number of halogens is 2. The summed E-state index contributed by atoms with van der Waals surface area (Å²) in [6, 6.07) is 5.42. The molecule has 0 aliphatic heterocycles. The average molecular weight is 298 g/mol. The summed E-state index contributed by atoms with van der Waals surface area (Å²) in [5, 5.41) is 3.70. The van der Waals surface area contributed by atoms with E-state index in [0.29, 0.717) is 17.8 Å². The highest BCUT2D eigenvalue weighted by Crippen LogP contribution is 2.41. The number of hydrogen-bond acceptors (Lipinski definition) is 1. The number of rotatable bonds is 4. The maximum absolute atomic E-state index is 14.4. The van der Waals surface area contributed by atoms with E-state index >= 15 is 0 Å². The van der Waals surface area contributed by atoms with Crippen molar-refractivity contribution in [3.05, 3.63) is 34.6 Å². The highest BCUT2D eigenvalue weighted by Gasteiger charge is 2.32. The molecule has 1 aromatic rings. The van der Waals surface area contributed by atoms with Gasteiger partial charge in [-0.2, -0.15) is 0 Å². The van der Waals surface area contributed by atoms with Crippen LogP contribution < -0.4 is 5.32 Å². The van der Waals surface area contributed by atoms with Crippen molar-refractivity contribution < 1.29 is 4.39 Å². The Morgan fingerprint density at radius 3 is 2.50 bits per heavy atom. The van der Waals surface area contributed by atoms with Crippen molar-refractivity contribution in [2.45, 2.75) is 46.1 Å². The second-order valence-electron chi connectivity index (χ2n) is 6.36. The van der Waals surface area contributed by atoms with Gasteiger partial charge in [0.2, 0.25) is 0 Å². The SMILES string of the molecule is CCNC(c1cccc(Cl)c1F)C1CC(C)CC(C)C1. The summed E-state index contributed by atoms with van der Waals surface area (Å²) >= 11 is 5.95. The molecule has 0 bridgehead atoms. The molecule has 1 aliphatic carbocycles. The summed E-state index contributed by atoms with van der Waals surface area (Å²) in [5.74, 6) is 1.66. The summed E-state index contributed by atoms with van der Waals surface area (Å²) in [6.45, 7) is 7.53. The Bertz CT molecular complexity index is 439. The molecule has 20 heavy (non-hydrogen) atoms. The van der Waals surface area contributed by atoms with Gasteiger partial charge in [0.1, 0.15) is 5.82 Å². The van der Waals surface area contributed by atoms with E-state index in [1.54, 1.807) is 6.07 Å². The fourth-order valence-corrected chi connectivity index (χ4v) is 3.97. The maximum Gasteiger partial charge on any atom is 0.146 e. The van der Waals surface area contributed by atoms with Gasteiger partial charge >= 0.3 is 0 Å². The maximum atomic E-state index is 14.4. The highest BCUT2D eigenvalue weighted by atomic mass is 35.5. The minimum absolute atomic E-state index is 0.0731. The molecule has 1 nitrogen and oxygen atoms in total. The molecule has 2 rings (SSSR count). The molecule has 0 saturated heterocycles. The summed E-state index contributed by atoms with van der Waals surface area (Å²) in [7, 11) is 0. The van der Waals surface area contributed by atoms with Gasteiger partial charge in [-0.05, 0) is 49.6 Å². The molecule has 0 spiro atoms. The van der Waals surface area contributed by atoms with Gasteiger partial charge in [-0.1, -0.05) is 44.5 Å². The van der Waals surface area contributed by atoms with Gasteiger partial charge in [-0.3, -0.25) is 0 Å². The van der Waals surface area contributed by atoms with Crippen LogP contribution in [0.5, 0.6) is 0 Å². The van der Waals surface area contributed by atoms with Crippen LogP contribution >= 0.6 is 11.6 Å². The predicted molar refractivity (Wildman–Crippen MR) is 83.5 cm³/mol. The van der Waals surface area contributed by atoms with E-state index in [-0.39, 0.29) is 16.9 Å². The van der Waals surface area contributed by atoms with E-state index in [0.717, 1.165) is 24.9 Å². The molecule has 1 N–H and O–H groups in total. The Hall–Kier alpha value is -0.600. The number of hydrogen-bond donors (Lipinski definition) is 1. The third-order valence-corrected chi connectivity index (χ3v) is 4.72. The molecule has 0 amide bonds. The molecule has 1 fully saturated rings. The van der Waals surface area contributed by atoms with Gasteiger partial charge in [0.25, 0.3) is 0 Å². The van der Waals surface area contributed by atoms with Gasteiger partial charge in [-0.25, -0.2) is 4.39 Å². The van der Waals surface area contributed by atoms with Crippen LogP contribution in [0.25, 0.3) is 0 Å². The zero-order valence-electron chi connectivity index (χ0n) is 12.6. The topological polar surface area (TPSA) is 12.0 Å². The molecular weight excluding hydrogens is 273 g/mol. The fourth-order valence-electron chi connectivity index (χ4n) is 3.79. The predicted octanol–water partition coefficient (Wildman–Crippen LogP) is 5.20. The first-order chi connectivity index (χ1) is 9.52. The van der Waals surface area contributed by atoms with E-state index in [2.05, 4.69) is 26.1 Å². The molecule has 3 atom stereocenters. The third-order valence-electron chi connectivity index (χ3n) is 4.43. The van der Waals surface area contributed by atoms with Crippen LogP contribution in [0.4, 0.5) is 4.39 Å². The molecule has 3 unspecified atom stereocenters. The second kappa shape index (κ2) is 6.91. The molecule has 0 heterocycles. The van der Waals surface area contributed by atoms with E-state index in [1.807, 2.05) is 12.1 Å². The Labute approximate surface area is 126 Å². The lowest BCUT2D eigenvalue weighted by Gasteiger charge is -2.37. The van der Waals surface area contributed by atoms with Crippen LogP contribution in [-0.4, -0.2) is 6.54 Å². The van der Waals surface area contributed by atoms with Crippen LogP contribution in [0.1, 0.15) is 51.6 Å². The minimum Gasteiger partial charge on any atom is -0.310 e. The second-order valence-corrected chi connectivity index (χ2v) is 6.76. The lowest BCUT2D eigenvalue weighted by Crippen LogP contribution is -2.33. The van der Waals surface area contributed by atoms with Gasteiger partial charge in [-0.15, -0.1) is 0 Å². The van der Waals surface area contributed by atoms with Gasteiger partial charge < -0.3 is 5.32 Å². The van der Waals surface area contributed by atoms with Crippen molar-refractivity contribution in [2.24, 2.45) is 17.8 Å². The van der Waals surface area contributed by atoms with E-state index < -0.39 is 0 Å². The molecule has 0 aromatic heterocycles. The monoisotopic (exact) mass is 297 g/mol. The van der Waals surface area contributed by atoms with Crippen LogP contribution in [0.15, 0.2) is 18.2 Å². The van der Waals surface area contributed by atoms with Crippen LogP contribution in [0, 0.1) is 23.6 Å². The van der Waals surface area contributed by atoms with Gasteiger partial charge in [0.15, 0.2) is 0 Å². The third kappa shape index (κ3) is 3.53. The van der Waals surface area contributed by atoms with Crippen molar-refractivity contribution in [1.29, 1.82) is 0 Å². The smallest absolute Gasteiger partial charge is 0.146 e. The minimum atomic E-state index is -0.258. The number of benzene rings is 1. The first-order valence-electron chi connectivity index (χ1n) is 7.70. The Morgan fingerprint density at radius 2 is 1.90 bits per heavy atom. The lowest BCUT2D eigenvalue weighted by molar-refractivity contribution is 0.175. The first kappa shape index (κ1) is 15.8. The first-order valence-corrected chi connectivity index (χ1v) is 8.08. The van der Waals surface area contributed by atoms with Gasteiger partial charge in [0, 0.05) is 11.6 Å². The Kier molecular flexibility index (Phi) is 5.45. The van der Waals surface area contributed by atoms with Gasteiger partial charge in [0.05, 0.1) is 5.02 Å². The van der Waals surface area contributed by atoms with Crippen molar-refractivity contribution in [3.63, 3.8) is 0 Å². The standard InChI is InChI=1S/C17H25ClFN/c1-4-20-17(13-9-11(2)8-12(3)10-13)14-6-5-7-15(18)16(14)19/h5-7,11-13,17,20H,4,8-10H2,1-3H3. The molecule has 112 valence electrons. The molecule has 1 aromatic carbocycles. The molecule has 1 saturated carbocycles. The highest BCUT2D eigenvalue weighted by molar-refractivity contribution is 6.30. The number of nitrogens with one attached hydrogen (secondary N) is 1. The molecular formula is C17H25ClFN. The summed E-state index contributed by atoms with van der Waals surface area (Å²) in [5.41, 5.74) is 0.727. The van der Waals surface area contributed by atoms with Crippen molar-refractivity contribution in [1.82, 2.24) is 5.32 Å². The van der Waals surface area contributed by atoms with E-state index in [1.165, 1.54) is 6.42 Å². The largest absolute Gasteiger partial charge is 0.310 e. The summed E-state index contributed by atoms with van der Waals surface area (Å²) in [4.78, 5) is 0. The summed E-state index contributed by atoms with van der Waals surface area (Å²) in [6.07, 6.45) is 3.61. The summed E-state index contributed by atoms with van der Waals surface area (Å²) < 4.78 is 14.4. The van der Waals surface area contributed by atoms with Crippen LogP contribution in [0.2, 0.25) is 5.02 Å². The van der Waals surface area contributed by atoms with Crippen molar-refractivity contribution >= 4 is 11.6 Å². The molecule has 0 radical (unpaired) electrons. The molecule has 3 heteroatoms. The fraction of sp³-hybridized carbons (Fsp3) is 0.647. The molecule has 1 aliphatic rings. The van der Waals surface area contributed by atoms with Crippen molar-refractivity contribution in [2.75, 3.05) is 6.54 Å². The lowest BCUT2D eigenvalue weighted by atomic mass is 9.72. The Morgan fingerprint density at radius 1 is 1.25 bits per heavy atom. The quantitative estimate of drug-likeness (QED) is 0.805. The average Bonchev–Trinajstić information content (AvgIpc) is 2.38.